The van der Waals surface area contributed by atoms with Gasteiger partial charge in [0.2, 0.25) is 0 Å². The van der Waals surface area contributed by atoms with Crippen LogP contribution in [0, 0.1) is 24.1 Å². The molecule has 146 valence electrons. The second-order valence-electron chi connectivity index (χ2n) is 6.72. The third-order valence-electron chi connectivity index (χ3n) is 4.12. The van der Waals surface area contributed by atoms with Crippen LogP contribution < -0.4 is 5.32 Å². The molecule has 0 bridgehead atoms. The molecule has 0 saturated heterocycles. The van der Waals surface area contributed by atoms with Gasteiger partial charge in [0.15, 0.2) is 0 Å². The molecule has 0 spiro atoms. The summed E-state index contributed by atoms with van der Waals surface area (Å²) in [4.78, 5) is 14.5. The first-order chi connectivity index (χ1) is 12.8. The summed E-state index contributed by atoms with van der Waals surface area (Å²) in [5.41, 5.74) is 1.34. The number of allylic oxidation sites excluding steroid dienone is 1. The maximum Gasteiger partial charge on any atom is 0.254 e. The van der Waals surface area contributed by atoms with Gasteiger partial charge in [-0.3, -0.25) is 9.69 Å². The van der Waals surface area contributed by atoms with Crippen LogP contribution in [-0.2, 0) is 16.1 Å². The van der Waals surface area contributed by atoms with E-state index in [1.54, 1.807) is 19.1 Å². The van der Waals surface area contributed by atoms with E-state index in [0.29, 0.717) is 23.8 Å². The molecule has 0 fully saturated rings. The molecule has 0 unspecified atom stereocenters. The van der Waals surface area contributed by atoms with Crippen molar-refractivity contribution in [1.82, 2.24) is 10.2 Å². The third kappa shape index (κ3) is 7.28. The van der Waals surface area contributed by atoms with Gasteiger partial charge >= 0.3 is 0 Å². The fraction of sp³-hybridized carbons (Fsp3) is 0.409. The van der Waals surface area contributed by atoms with Crippen molar-refractivity contribution in [3.63, 3.8) is 0 Å². The molecule has 0 aromatic heterocycles. The standard InChI is InChI=1S/C22H29FN2O2/c1-7-20(13-24-22(26)21(8-2)17(5)27-6)25(14-16(3)4)15-18-9-11-19(23)12-10-18/h1,8-12,16,20H,2,13-15H2,3-6H3,(H,24,26)/b21-17-/t20-/m0/s1. The lowest BCUT2D eigenvalue weighted by atomic mass is 10.1. The summed E-state index contributed by atoms with van der Waals surface area (Å²) in [5.74, 6) is 3.08. The zero-order valence-electron chi connectivity index (χ0n) is 16.6. The molecule has 0 aliphatic carbocycles. The Bertz CT molecular complexity index is 702. The van der Waals surface area contributed by atoms with Crippen LogP contribution in [0.5, 0.6) is 0 Å². The fourth-order valence-corrected chi connectivity index (χ4v) is 2.68. The lowest BCUT2D eigenvalue weighted by Gasteiger charge is -2.30. The summed E-state index contributed by atoms with van der Waals surface area (Å²) in [5, 5.41) is 2.86. The zero-order valence-corrected chi connectivity index (χ0v) is 16.6. The van der Waals surface area contributed by atoms with Crippen LogP contribution in [0.1, 0.15) is 26.3 Å². The SMILES string of the molecule is C#C[C@@H](CNC(=O)/C(C=C)=C(/C)OC)N(Cc1ccc(F)cc1)CC(C)C. The maximum atomic E-state index is 13.2. The number of ether oxygens (including phenoxy) is 1. The van der Waals surface area contributed by atoms with E-state index in [4.69, 9.17) is 11.2 Å². The van der Waals surface area contributed by atoms with Crippen molar-refractivity contribution in [2.75, 3.05) is 20.2 Å². The van der Waals surface area contributed by atoms with Crippen molar-refractivity contribution in [3.8, 4) is 12.3 Å². The van der Waals surface area contributed by atoms with Gasteiger partial charge in [0.1, 0.15) is 11.6 Å². The molecule has 5 heteroatoms. The quantitative estimate of drug-likeness (QED) is 0.296. The van der Waals surface area contributed by atoms with Crippen LogP contribution in [-0.4, -0.2) is 37.0 Å². The molecule has 0 aliphatic heterocycles. The average molecular weight is 372 g/mol. The molecule has 1 amide bonds. The lowest BCUT2D eigenvalue weighted by molar-refractivity contribution is -0.117. The summed E-state index contributed by atoms with van der Waals surface area (Å²) >= 11 is 0. The van der Waals surface area contributed by atoms with Gasteiger partial charge in [-0.15, -0.1) is 6.42 Å². The highest BCUT2D eigenvalue weighted by Crippen LogP contribution is 2.12. The number of benzene rings is 1. The van der Waals surface area contributed by atoms with Gasteiger partial charge < -0.3 is 10.1 Å². The Morgan fingerprint density at radius 3 is 2.52 bits per heavy atom. The average Bonchev–Trinajstić information content (AvgIpc) is 2.63. The van der Waals surface area contributed by atoms with Crippen LogP contribution >= 0.6 is 0 Å². The van der Waals surface area contributed by atoms with Crippen LogP contribution in [0.15, 0.2) is 48.3 Å². The van der Waals surface area contributed by atoms with E-state index in [0.717, 1.165) is 12.1 Å². The lowest BCUT2D eigenvalue weighted by Crippen LogP contribution is -2.44. The Kier molecular flexibility index (Phi) is 9.32. The molecule has 4 nitrogen and oxygen atoms in total. The van der Waals surface area contributed by atoms with Gasteiger partial charge in [-0.2, -0.15) is 0 Å². The highest BCUT2D eigenvalue weighted by molar-refractivity contribution is 5.96. The van der Waals surface area contributed by atoms with E-state index < -0.39 is 0 Å². The summed E-state index contributed by atoms with van der Waals surface area (Å²) in [6.45, 7) is 11.2. The Morgan fingerprint density at radius 2 is 2.04 bits per heavy atom. The smallest absolute Gasteiger partial charge is 0.254 e. The second-order valence-corrected chi connectivity index (χ2v) is 6.72. The first kappa shape index (κ1) is 22.5. The number of methoxy groups -OCH3 is 1. The van der Waals surface area contributed by atoms with Crippen molar-refractivity contribution >= 4 is 5.91 Å². The molecular weight excluding hydrogens is 343 g/mol. The topological polar surface area (TPSA) is 41.6 Å². The molecule has 27 heavy (non-hydrogen) atoms. The van der Waals surface area contributed by atoms with Gasteiger partial charge in [0, 0.05) is 19.6 Å². The molecule has 0 heterocycles. The number of rotatable bonds is 10. The summed E-state index contributed by atoms with van der Waals surface area (Å²) in [6.07, 6.45) is 7.21. The monoisotopic (exact) mass is 372 g/mol. The van der Waals surface area contributed by atoms with Crippen molar-refractivity contribution < 1.29 is 13.9 Å². The van der Waals surface area contributed by atoms with E-state index in [1.165, 1.54) is 25.3 Å². The van der Waals surface area contributed by atoms with Gasteiger partial charge in [-0.1, -0.05) is 44.6 Å². The second kappa shape index (κ2) is 11.2. The van der Waals surface area contributed by atoms with Gasteiger partial charge in [0.25, 0.3) is 5.91 Å². The first-order valence-corrected chi connectivity index (χ1v) is 8.92. The van der Waals surface area contributed by atoms with Crippen LogP contribution in [0.3, 0.4) is 0 Å². The number of terminal acetylenes is 1. The van der Waals surface area contributed by atoms with Gasteiger partial charge in [-0.25, -0.2) is 4.39 Å². The molecule has 1 aromatic carbocycles. The predicted molar refractivity (Wildman–Crippen MR) is 107 cm³/mol. The highest BCUT2D eigenvalue weighted by Gasteiger charge is 2.20. The van der Waals surface area contributed by atoms with Crippen molar-refractivity contribution in [3.05, 3.63) is 59.6 Å². The molecule has 0 saturated carbocycles. The Morgan fingerprint density at radius 1 is 1.41 bits per heavy atom. The summed E-state index contributed by atoms with van der Waals surface area (Å²) in [7, 11) is 1.50. The molecule has 0 aliphatic rings. The molecule has 1 N–H and O–H groups in total. The van der Waals surface area contributed by atoms with E-state index in [9.17, 15) is 9.18 Å². The Labute approximate surface area is 162 Å². The number of amides is 1. The third-order valence-corrected chi connectivity index (χ3v) is 4.12. The number of halogens is 1. The van der Waals surface area contributed by atoms with Crippen LogP contribution in [0.4, 0.5) is 4.39 Å². The Hall–Kier alpha value is -2.58. The van der Waals surface area contributed by atoms with Gasteiger partial charge in [0.05, 0.1) is 18.7 Å². The normalized spacial score (nSPS) is 13.0. The number of hydrogen-bond donors (Lipinski definition) is 1. The maximum absolute atomic E-state index is 13.2. The number of carbonyl (C=O) groups excluding carboxylic acids is 1. The number of hydrogen-bond acceptors (Lipinski definition) is 3. The highest BCUT2D eigenvalue weighted by atomic mass is 19.1. The number of nitrogens with zero attached hydrogens (tertiary/aromatic N) is 1. The van der Waals surface area contributed by atoms with E-state index in [-0.39, 0.29) is 24.3 Å². The molecule has 1 rings (SSSR count). The van der Waals surface area contributed by atoms with E-state index in [1.807, 2.05) is 0 Å². The van der Waals surface area contributed by atoms with E-state index in [2.05, 4.69) is 36.6 Å². The predicted octanol–water partition coefficient (Wildman–Crippen LogP) is 3.51. The van der Waals surface area contributed by atoms with Crippen LogP contribution in [0.2, 0.25) is 0 Å². The minimum absolute atomic E-state index is 0.271. The largest absolute Gasteiger partial charge is 0.501 e. The Balaban J connectivity index is 2.88. The van der Waals surface area contributed by atoms with E-state index >= 15 is 0 Å². The number of nitrogens with one attached hydrogen (secondary N) is 1. The van der Waals surface area contributed by atoms with Gasteiger partial charge in [-0.05, 0) is 30.5 Å². The van der Waals surface area contributed by atoms with Crippen molar-refractivity contribution in [1.29, 1.82) is 0 Å². The van der Waals surface area contributed by atoms with Crippen LogP contribution in [0.25, 0.3) is 0 Å². The molecular formula is C22H29FN2O2. The minimum atomic E-state index is -0.296. The zero-order chi connectivity index (χ0) is 20.4. The first-order valence-electron chi connectivity index (χ1n) is 8.92. The minimum Gasteiger partial charge on any atom is -0.501 e. The number of carbonyl (C=O) groups is 1. The summed E-state index contributed by atoms with van der Waals surface area (Å²) in [6, 6.07) is 6.06. The van der Waals surface area contributed by atoms with Crippen molar-refractivity contribution in [2.24, 2.45) is 5.92 Å². The fourth-order valence-electron chi connectivity index (χ4n) is 2.68. The molecule has 1 aromatic rings. The molecule has 0 radical (unpaired) electrons. The summed E-state index contributed by atoms with van der Waals surface area (Å²) < 4.78 is 18.3. The van der Waals surface area contributed by atoms with Crippen molar-refractivity contribution in [2.45, 2.75) is 33.4 Å². The molecule has 1 atom stereocenters.